The Balaban J connectivity index is 1.86. The molecule has 1 aromatic carbocycles. The van der Waals surface area contributed by atoms with Gasteiger partial charge in [0.1, 0.15) is 5.75 Å². The SMILES string of the molecule is COc1ccccc1C1(CNC2CC2)CCCC1. The van der Waals surface area contributed by atoms with Crippen LogP contribution in [0.1, 0.15) is 44.1 Å². The van der Waals surface area contributed by atoms with Crippen LogP contribution in [0.15, 0.2) is 24.3 Å². The topological polar surface area (TPSA) is 21.3 Å². The van der Waals surface area contributed by atoms with Gasteiger partial charge in [0, 0.05) is 23.6 Å². The van der Waals surface area contributed by atoms with Gasteiger partial charge < -0.3 is 10.1 Å². The number of nitrogens with one attached hydrogen (secondary N) is 1. The number of hydrogen-bond acceptors (Lipinski definition) is 2. The summed E-state index contributed by atoms with van der Waals surface area (Å²) >= 11 is 0. The van der Waals surface area contributed by atoms with Crippen molar-refractivity contribution in [1.82, 2.24) is 5.32 Å². The molecule has 0 bridgehead atoms. The molecular formula is C16H23NO. The highest BCUT2D eigenvalue weighted by molar-refractivity contribution is 5.40. The van der Waals surface area contributed by atoms with Crippen LogP contribution in [-0.2, 0) is 5.41 Å². The van der Waals surface area contributed by atoms with Crippen molar-refractivity contribution >= 4 is 0 Å². The molecule has 2 aliphatic carbocycles. The molecule has 0 aromatic heterocycles. The third kappa shape index (κ3) is 2.26. The lowest BCUT2D eigenvalue weighted by molar-refractivity contribution is 0.360. The lowest BCUT2D eigenvalue weighted by Crippen LogP contribution is -2.37. The first-order valence-electron chi connectivity index (χ1n) is 7.21. The molecule has 18 heavy (non-hydrogen) atoms. The molecule has 0 aliphatic heterocycles. The molecular weight excluding hydrogens is 222 g/mol. The van der Waals surface area contributed by atoms with E-state index in [2.05, 4.69) is 29.6 Å². The Labute approximate surface area is 110 Å². The fourth-order valence-corrected chi connectivity index (χ4v) is 3.30. The summed E-state index contributed by atoms with van der Waals surface area (Å²) in [5.41, 5.74) is 1.73. The standard InChI is InChI=1S/C16H23NO/c1-18-15-7-3-2-6-14(15)16(10-4-5-11-16)12-17-13-8-9-13/h2-3,6-7,13,17H,4-5,8-12H2,1H3. The third-order valence-corrected chi connectivity index (χ3v) is 4.55. The molecule has 0 spiro atoms. The van der Waals surface area contributed by atoms with Crippen molar-refractivity contribution in [2.75, 3.05) is 13.7 Å². The second-order valence-electron chi connectivity index (χ2n) is 5.84. The zero-order chi connectivity index (χ0) is 12.4. The maximum absolute atomic E-state index is 5.58. The number of methoxy groups -OCH3 is 1. The van der Waals surface area contributed by atoms with Gasteiger partial charge in [0.15, 0.2) is 0 Å². The van der Waals surface area contributed by atoms with E-state index in [0.717, 1.165) is 18.3 Å². The predicted molar refractivity (Wildman–Crippen MR) is 74.2 cm³/mol. The number of para-hydroxylation sites is 1. The van der Waals surface area contributed by atoms with Gasteiger partial charge >= 0.3 is 0 Å². The zero-order valence-corrected chi connectivity index (χ0v) is 11.2. The summed E-state index contributed by atoms with van der Waals surface area (Å²) in [5.74, 6) is 1.07. The first-order chi connectivity index (χ1) is 8.84. The van der Waals surface area contributed by atoms with Gasteiger partial charge in [-0.3, -0.25) is 0 Å². The van der Waals surface area contributed by atoms with Gasteiger partial charge in [0.2, 0.25) is 0 Å². The Morgan fingerprint density at radius 1 is 1.22 bits per heavy atom. The Kier molecular flexibility index (Phi) is 3.29. The molecule has 2 fully saturated rings. The monoisotopic (exact) mass is 245 g/mol. The van der Waals surface area contributed by atoms with E-state index < -0.39 is 0 Å². The third-order valence-electron chi connectivity index (χ3n) is 4.55. The van der Waals surface area contributed by atoms with Gasteiger partial charge in [-0.2, -0.15) is 0 Å². The first kappa shape index (κ1) is 12.0. The maximum atomic E-state index is 5.58. The van der Waals surface area contributed by atoms with Crippen molar-refractivity contribution in [2.24, 2.45) is 0 Å². The molecule has 1 aromatic rings. The molecule has 0 radical (unpaired) electrons. The lowest BCUT2D eigenvalue weighted by Gasteiger charge is -2.31. The summed E-state index contributed by atoms with van der Waals surface area (Å²) < 4.78 is 5.58. The number of rotatable bonds is 5. The predicted octanol–water partition coefficient (Wildman–Crippen LogP) is 3.26. The average Bonchev–Trinajstić information content (AvgIpc) is 3.14. The quantitative estimate of drug-likeness (QED) is 0.859. The molecule has 2 nitrogen and oxygen atoms in total. The Morgan fingerprint density at radius 2 is 1.94 bits per heavy atom. The second kappa shape index (κ2) is 4.93. The van der Waals surface area contributed by atoms with Gasteiger partial charge in [-0.1, -0.05) is 31.0 Å². The summed E-state index contributed by atoms with van der Waals surface area (Å²) in [4.78, 5) is 0. The Morgan fingerprint density at radius 3 is 2.61 bits per heavy atom. The second-order valence-corrected chi connectivity index (χ2v) is 5.84. The molecule has 0 atom stereocenters. The van der Waals surface area contributed by atoms with Crippen LogP contribution in [0.3, 0.4) is 0 Å². The summed E-state index contributed by atoms with van der Waals surface area (Å²) in [6.45, 7) is 1.12. The van der Waals surface area contributed by atoms with Crippen LogP contribution in [0.25, 0.3) is 0 Å². The van der Waals surface area contributed by atoms with Gasteiger partial charge in [-0.25, -0.2) is 0 Å². The summed E-state index contributed by atoms with van der Waals surface area (Å²) in [6.07, 6.45) is 8.03. The van der Waals surface area contributed by atoms with Crippen molar-refractivity contribution in [1.29, 1.82) is 0 Å². The van der Waals surface area contributed by atoms with Gasteiger partial charge in [0.25, 0.3) is 0 Å². The van der Waals surface area contributed by atoms with Gasteiger partial charge in [-0.15, -0.1) is 0 Å². The van der Waals surface area contributed by atoms with Crippen LogP contribution in [0.5, 0.6) is 5.75 Å². The molecule has 2 heteroatoms. The minimum atomic E-state index is 0.315. The highest BCUT2D eigenvalue weighted by Crippen LogP contribution is 2.44. The fraction of sp³-hybridized carbons (Fsp3) is 0.625. The first-order valence-corrected chi connectivity index (χ1v) is 7.21. The van der Waals surface area contributed by atoms with Crippen molar-refractivity contribution in [3.63, 3.8) is 0 Å². The highest BCUT2D eigenvalue weighted by Gasteiger charge is 2.38. The molecule has 0 unspecified atom stereocenters. The van der Waals surface area contributed by atoms with Gasteiger partial charge in [-0.05, 0) is 31.7 Å². The molecule has 1 N–H and O–H groups in total. The van der Waals surface area contributed by atoms with Crippen LogP contribution >= 0.6 is 0 Å². The summed E-state index contributed by atoms with van der Waals surface area (Å²) in [6, 6.07) is 9.37. The van der Waals surface area contributed by atoms with E-state index in [1.165, 1.54) is 44.1 Å². The van der Waals surface area contributed by atoms with Crippen molar-refractivity contribution in [3.05, 3.63) is 29.8 Å². The van der Waals surface area contributed by atoms with Crippen LogP contribution in [0.2, 0.25) is 0 Å². The molecule has 3 rings (SSSR count). The van der Waals surface area contributed by atoms with Crippen LogP contribution in [-0.4, -0.2) is 19.7 Å². The van der Waals surface area contributed by atoms with E-state index in [9.17, 15) is 0 Å². The van der Waals surface area contributed by atoms with E-state index in [1.54, 1.807) is 7.11 Å². The highest BCUT2D eigenvalue weighted by atomic mass is 16.5. The Bertz CT molecular complexity index is 405. The molecule has 0 amide bonds. The largest absolute Gasteiger partial charge is 0.496 e. The van der Waals surface area contributed by atoms with Crippen molar-refractivity contribution in [2.45, 2.75) is 50.0 Å². The molecule has 2 saturated carbocycles. The van der Waals surface area contributed by atoms with E-state index in [-0.39, 0.29) is 0 Å². The summed E-state index contributed by atoms with van der Waals surface area (Å²) in [5, 5.41) is 3.73. The van der Waals surface area contributed by atoms with Crippen molar-refractivity contribution in [3.8, 4) is 5.75 Å². The number of benzene rings is 1. The number of ether oxygens (including phenoxy) is 1. The minimum Gasteiger partial charge on any atom is -0.496 e. The lowest BCUT2D eigenvalue weighted by atomic mass is 9.78. The normalized spacial score (nSPS) is 22.1. The molecule has 0 heterocycles. The zero-order valence-electron chi connectivity index (χ0n) is 11.2. The van der Waals surface area contributed by atoms with E-state index in [1.807, 2.05) is 0 Å². The smallest absolute Gasteiger partial charge is 0.122 e. The molecule has 2 aliphatic rings. The maximum Gasteiger partial charge on any atom is 0.122 e. The fourth-order valence-electron chi connectivity index (χ4n) is 3.30. The minimum absolute atomic E-state index is 0.315. The van der Waals surface area contributed by atoms with Gasteiger partial charge in [0.05, 0.1) is 7.11 Å². The molecule has 0 saturated heterocycles. The summed E-state index contributed by atoms with van der Waals surface area (Å²) in [7, 11) is 1.79. The van der Waals surface area contributed by atoms with E-state index >= 15 is 0 Å². The van der Waals surface area contributed by atoms with Crippen molar-refractivity contribution < 1.29 is 4.74 Å². The van der Waals surface area contributed by atoms with E-state index in [0.29, 0.717) is 5.41 Å². The van der Waals surface area contributed by atoms with Crippen LogP contribution in [0, 0.1) is 0 Å². The van der Waals surface area contributed by atoms with E-state index in [4.69, 9.17) is 4.74 Å². The van der Waals surface area contributed by atoms with Crippen LogP contribution in [0.4, 0.5) is 0 Å². The Hall–Kier alpha value is -1.02. The molecule has 98 valence electrons. The average molecular weight is 245 g/mol. The van der Waals surface area contributed by atoms with Crippen LogP contribution < -0.4 is 10.1 Å². The number of hydrogen-bond donors (Lipinski definition) is 1.